The maximum atomic E-state index is 12.7. The average molecular weight is 288 g/mol. The van der Waals surface area contributed by atoms with Gasteiger partial charge < -0.3 is 10.2 Å². The van der Waals surface area contributed by atoms with Gasteiger partial charge in [-0.05, 0) is 12.8 Å². The summed E-state index contributed by atoms with van der Waals surface area (Å²) in [7, 11) is 1.70. The van der Waals surface area contributed by atoms with Gasteiger partial charge in [-0.2, -0.15) is 13.2 Å². The van der Waals surface area contributed by atoms with Gasteiger partial charge in [0.25, 0.3) is 0 Å². The van der Waals surface area contributed by atoms with Crippen LogP contribution < -0.4 is 10.2 Å². The van der Waals surface area contributed by atoms with Crippen molar-refractivity contribution >= 4 is 11.6 Å². The fourth-order valence-electron chi connectivity index (χ4n) is 1.96. The number of nitrogens with one attached hydrogen (secondary N) is 1. The molecule has 1 aliphatic carbocycles. The van der Waals surface area contributed by atoms with Crippen molar-refractivity contribution in [2.75, 3.05) is 23.8 Å². The third kappa shape index (κ3) is 3.74. The zero-order valence-electron chi connectivity index (χ0n) is 11.8. The van der Waals surface area contributed by atoms with Gasteiger partial charge in [0, 0.05) is 25.1 Å². The number of aromatic nitrogens is 2. The first-order valence-electron chi connectivity index (χ1n) is 6.70. The first-order chi connectivity index (χ1) is 9.30. The van der Waals surface area contributed by atoms with Crippen LogP contribution in [0.1, 0.15) is 38.4 Å². The highest BCUT2D eigenvalue weighted by Crippen LogP contribution is 2.34. The zero-order chi connectivity index (χ0) is 14.9. The summed E-state index contributed by atoms with van der Waals surface area (Å²) < 4.78 is 38.2. The van der Waals surface area contributed by atoms with Gasteiger partial charge in [0.2, 0.25) is 0 Å². The van der Waals surface area contributed by atoms with Crippen molar-refractivity contribution < 1.29 is 13.2 Å². The molecule has 112 valence electrons. The van der Waals surface area contributed by atoms with Gasteiger partial charge in [0.15, 0.2) is 0 Å². The predicted molar refractivity (Wildman–Crippen MR) is 72.1 cm³/mol. The molecule has 1 saturated carbocycles. The quantitative estimate of drug-likeness (QED) is 0.903. The van der Waals surface area contributed by atoms with Crippen LogP contribution in [0.3, 0.4) is 0 Å². The van der Waals surface area contributed by atoms with Gasteiger partial charge in [-0.3, -0.25) is 0 Å². The number of hydrogen-bond donors (Lipinski definition) is 1. The van der Waals surface area contributed by atoms with Crippen LogP contribution in [0.25, 0.3) is 0 Å². The van der Waals surface area contributed by atoms with Crippen LogP contribution in [0.15, 0.2) is 6.07 Å². The third-order valence-electron chi connectivity index (χ3n) is 3.13. The molecule has 7 heteroatoms. The summed E-state index contributed by atoms with van der Waals surface area (Å²) in [4.78, 5) is 9.92. The molecular formula is C13H19F3N4. The fourth-order valence-corrected chi connectivity index (χ4v) is 1.96. The molecule has 0 aliphatic heterocycles. The Morgan fingerprint density at radius 2 is 2.00 bits per heavy atom. The minimum Gasteiger partial charge on any atom is -0.373 e. The van der Waals surface area contributed by atoms with Crippen molar-refractivity contribution in [3.8, 4) is 0 Å². The molecule has 0 saturated heterocycles. The Bertz CT molecular complexity index is 469. The Morgan fingerprint density at radius 3 is 2.45 bits per heavy atom. The summed E-state index contributed by atoms with van der Waals surface area (Å²) in [5.74, 6) is 1.52. The van der Waals surface area contributed by atoms with E-state index in [-0.39, 0.29) is 12.0 Å². The van der Waals surface area contributed by atoms with E-state index >= 15 is 0 Å². The normalized spacial score (nSPS) is 15.6. The lowest BCUT2D eigenvalue weighted by Gasteiger charge is -2.25. The van der Waals surface area contributed by atoms with Gasteiger partial charge in [0.05, 0.1) is 0 Å². The van der Waals surface area contributed by atoms with E-state index in [1.165, 1.54) is 4.90 Å². The van der Waals surface area contributed by atoms with E-state index in [9.17, 15) is 13.2 Å². The van der Waals surface area contributed by atoms with Crippen molar-refractivity contribution in [1.82, 2.24) is 9.97 Å². The van der Waals surface area contributed by atoms with Crippen LogP contribution in [0, 0.1) is 0 Å². The summed E-state index contributed by atoms with van der Waals surface area (Å²) in [6.07, 6.45) is -2.66. The molecule has 0 atom stereocenters. The maximum Gasteiger partial charge on any atom is 0.405 e. The molecular weight excluding hydrogens is 269 g/mol. The molecule has 0 radical (unpaired) electrons. The summed E-state index contributed by atoms with van der Waals surface area (Å²) >= 11 is 0. The molecule has 1 N–H and O–H groups in total. The van der Waals surface area contributed by atoms with Crippen molar-refractivity contribution in [2.45, 2.75) is 44.8 Å². The van der Waals surface area contributed by atoms with Gasteiger partial charge in [-0.15, -0.1) is 0 Å². The lowest BCUT2D eigenvalue weighted by Crippen LogP contribution is -2.36. The number of alkyl halides is 3. The van der Waals surface area contributed by atoms with Crippen LogP contribution in [0.2, 0.25) is 0 Å². The van der Waals surface area contributed by atoms with E-state index in [4.69, 9.17) is 0 Å². The molecule has 0 unspecified atom stereocenters. The van der Waals surface area contributed by atoms with E-state index in [0.29, 0.717) is 17.5 Å². The smallest absolute Gasteiger partial charge is 0.373 e. The molecule has 1 aromatic rings. The Hall–Kier alpha value is -1.53. The Balaban J connectivity index is 2.34. The lowest BCUT2D eigenvalue weighted by atomic mass is 10.2. The van der Waals surface area contributed by atoms with E-state index in [0.717, 1.165) is 12.8 Å². The van der Waals surface area contributed by atoms with E-state index < -0.39 is 12.7 Å². The standard InChI is InChI=1S/C13H19F3N4/c1-8(2)12-18-10(17-3)6-11(19-12)20(9-4-5-9)7-13(14,15)16/h6,8-9H,4-5,7H2,1-3H3,(H,17,18,19). The molecule has 4 nitrogen and oxygen atoms in total. The molecule has 1 fully saturated rings. The summed E-state index contributed by atoms with van der Waals surface area (Å²) in [6.45, 7) is 2.88. The second-order valence-electron chi connectivity index (χ2n) is 5.35. The first kappa shape index (κ1) is 14.9. The van der Waals surface area contributed by atoms with Crippen LogP contribution in [-0.4, -0.2) is 35.8 Å². The topological polar surface area (TPSA) is 41.0 Å². The van der Waals surface area contributed by atoms with Crippen LogP contribution in [0.5, 0.6) is 0 Å². The number of halogens is 3. The molecule has 0 spiro atoms. The van der Waals surface area contributed by atoms with Gasteiger partial charge in [0.1, 0.15) is 24.0 Å². The van der Waals surface area contributed by atoms with Crippen molar-refractivity contribution in [2.24, 2.45) is 0 Å². The minimum atomic E-state index is -4.23. The molecule has 1 heterocycles. The van der Waals surface area contributed by atoms with E-state index in [1.54, 1.807) is 13.1 Å². The van der Waals surface area contributed by atoms with Crippen LogP contribution in [-0.2, 0) is 0 Å². The van der Waals surface area contributed by atoms with Gasteiger partial charge in [-0.25, -0.2) is 9.97 Å². The molecule has 1 aliphatic rings. The number of nitrogens with zero attached hydrogens (tertiary/aromatic N) is 3. The summed E-state index contributed by atoms with van der Waals surface area (Å²) in [6, 6.07) is 1.52. The first-order valence-corrected chi connectivity index (χ1v) is 6.70. The monoisotopic (exact) mass is 288 g/mol. The largest absolute Gasteiger partial charge is 0.405 e. The summed E-state index contributed by atoms with van der Waals surface area (Å²) in [5, 5.41) is 2.88. The zero-order valence-corrected chi connectivity index (χ0v) is 11.8. The SMILES string of the molecule is CNc1cc(N(CC(F)(F)F)C2CC2)nc(C(C)C)n1. The van der Waals surface area contributed by atoms with Crippen LogP contribution in [0.4, 0.5) is 24.8 Å². The molecule has 2 rings (SSSR count). The van der Waals surface area contributed by atoms with E-state index in [2.05, 4.69) is 15.3 Å². The third-order valence-corrected chi connectivity index (χ3v) is 3.13. The fraction of sp³-hybridized carbons (Fsp3) is 0.692. The molecule has 20 heavy (non-hydrogen) atoms. The second kappa shape index (κ2) is 5.46. The molecule has 1 aromatic heterocycles. The van der Waals surface area contributed by atoms with E-state index in [1.807, 2.05) is 13.8 Å². The van der Waals surface area contributed by atoms with Crippen LogP contribution >= 0.6 is 0 Å². The molecule has 0 bridgehead atoms. The average Bonchev–Trinajstić information content (AvgIpc) is 3.18. The highest BCUT2D eigenvalue weighted by atomic mass is 19.4. The highest BCUT2D eigenvalue weighted by molar-refractivity contribution is 5.51. The molecule has 0 aromatic carbocycles. The lowest BCUT2D eigenvalue weighted by molar-refractivity contribution is -0.120. The molecule has 0 amide bonds. The van der Waals surface area contributed by atoms with Gasteiger partial charge in [-0.1, -0.05) is 13.8 Å². The predicted octanol–water partition coefficient (Wildman–Crippen LogP) is 3.17. The Morgan fingerprint density at radius 1 is 1.35 bits per heavy atom. The minimum absolute atomic E-state index is 0.0590. The Kier molecular flexibility index (Phi) is 4.06. The maximum absolute atomic E-state index is 12.7. The Labute approximate surface area is 116 Å². The van der Waals surface area contributed by atoms with Crippen molar-refractivity contribution in [3.63, 3.8) is 0 Å². The number of hydrogen-bond acceptors (Lipinski definition) is 4. The number of anilines is 2. The van der Waals surface area contributed by atoms with Gasteiger partial charge >= 0.3 is 6.18 Å². The number of rotatable bonds is 5. The summed E-state index contributed by atoms with van der Waals surface area (Å²) in [5.41, 5.74) is 0. The van der Waals surface area contributed by atoms with Crippen molar-refractivity contribution in [3.05, 3.63) is 11.9 Å². The second-order valence-corrected chi connectivity index (χ2v) is 5.35. The van der Waals surface area contributed by atoms with Crippen molar-refractivity contribution in [1.29, 1.82) is 0 Å². The highest BCUT2D eigenvalue weighted by Gasteiger charge is 2.39.